The lowest BCUT2D eigenvalue weighted by Gasteiger charge is -2.04. The third-order valence-electron chi connectivity index (χ3n) is 2.98. The number of nitrogens with zero attached hydrogens (tertiary/aromatic N) is 3. The van der Waals surface area contributed by atoms with Crippen molar-refractivity contribution in [2.24, 2.45) is 10.9 Å². The highest BCUT2D eigenvalue weighted by Crippen LogP contribution is 2.20. The molecular formula is C13H12N4OS. The van der Waals surface area contributed by atoms with Crippen molar-refractivity contribution in [2.45, 2.75) is 6.54 Å². The molecule has 1 aromatic carbocycles. The molecule has 0 saturated carbocycles. The SMILES string of the molecule is N/C(=N/O)c1ccc2c(ccn2Cc2cncs2)c1. The monoisotopic (exact) mass is 272 g/mol. The Hall–Kier alpha value is -2.34. The molecule has 0 aliphatic carbocycles. The van der Waals surface area contributed by atoms with Crippen LogP contribution in [0.2, 0.25) is 0 Å². The quantitative estimate of drug-likeness (QED) is 0.332. The minimum Gasteiger partial charge on any atom is -0.409 e. The van der Waals surface area contributed by atoms with Gasteiger partial charge in [0, 0.05) is 33.7 Å². The first-order chi connectivity index (χ1) is 9.28. The fourth-order valence-corrected chi connectivity index (χ4v) is 2.64. The van der Waals surface area contributed by atoms with E-state index in [4.69, 9.17) is 10.9 Å². The summed E-state index contributed by atoms with van der Waals surface area (Å²) in [6, 6.07) is 7.75. The van der Waals surface area contributed by atoms with Crippen molar-refractivity contribution in [1.82, 2.24) is 9.55 Å². The number of hydrogen-bond acceptors (Lipinski definition) is 4. The summed E-state index contributed by atoms with van der Waals surface area (Å²) in [5.74, 6) is 0.122. The zero-order valence-corrected chi connectivity index (χ0v) is 10.8. The number of hydrogen-bond donors (Lipinski definition) is 2. The average Bonchev–Trinajstić information content (AvgIpc) is 3.08. The summed E-state index contributed by atoms with van der Waals surface area (Å²) in [5, 5.41) is 12.8. The van der Waals surface area contributed by atoms with E-state index in [0.29, 0.717) is 5.56 Å². The van der Waals surface area contributed by atoms with Crippen molar-refractivity contribution in [3.8, 4) is 0 Å². The minimum absolute atomic E-state index is 0.122. The molecule has 0 unspecified atom stereocenters. The van der Waals surface area contributed by atoms with E-state index in [-0.39, 0.29) is 5.84 Å². The highest BCUT2D eigenvalue weighted by Gasteiger charge is 2.06. The van der Waals surface area contributed by atoms with E-state index < -0.39 is 0 Å². The lowest BCUT2D eigenvalue weighted by atomic mass is 10.1. The van der Waals surface area contributed by atoms with Crippen molar-refractivity contribution in [2.75, 3.05) is 0 Å². The molecule has 2 aromatic heterocycles. The Labute approximate surface area is 113 Å². The maximum Gasteiger partial charge on any atom is 0.170 e. The second-order valence-electron chi connectivity index (χ2n) is 4.17. The Kier molecular flexibility index (Phi) is 2.92. The predicted octanol–water partition coefficient (Wildman–Crippen LogP) is 2.24. The summed E-state index contributed by atoms with van der Waals surface area (Å²) in [6.07, 6.45) is 3.90. The van der Waals surface area contributed by atoms with Crippen LogP contribution in [-0.2, 0) is 6.54 Å². The van der Waals surface area contributed by atoms with Crippen LogP contribution in [0.4, 0.5) is 0 Å². The summed E-state index contributed by atoms with van der Waals surface area (Å²) in [6.45, 7) is 0.803. The van der Waals surface area contributed by atoms with Crippen LogP contribution < -0.4 is 5.73 Å². The van der Waals surface area contributed by atoms with Gasteiger partial charge in [0.1, 0.15) is 0 Å². The molecule has 0 bridgehead atoms. The van der Waals surface area contributed by atoms with Crippen LogP contribution in [0.25, 0.3) is 10.9 Å². The first-order valence-corrected chi connectivity index (χ1v) is 6.60. The smallest absolute Gasteiger partial charge is 0.170 e. The van der Waals surface area contributed by atoms with Gasteiger partial charge in [0.25, 0.3) is 0 Å². The lowest BCUT2D eigenvalue weighted by molar-refractivity contribution is 0.318. The molecule has 0 aliphatic heterocycles. The molecule has 0 spiro atoms. The molecule has 3 N–H and O–H groups in total. The van der Waals surface area contributed by atoms with Gasteiger partial charge in [-0.1, -0.05) is 5.16 Å². The molecule has 19 heavy (non-hydrogen) atoms. The topological polar surface area (TPSA) is 76.4 Å². The Morgan fingerprint density at radius 2 is 2.32 bits per heavy atom. The highest BCUT2D eigenvalue weighted by molar-refractivity contribution is 7.09. The van der Waals surface area contributed by atoms with Crippen LogP contribution in [0.5, 0.6) is 0 Å². The number of amidine groups is 1. The molecule has 0 fully saturated rings. The molecule has 0 radical (unpaired) electrons. The number of rotatable bonds is 3. The molecule has 0 saturated heterocycles. The summed E-state index contributed by atoms with van der Waals surface area (Å²) in [7, 11) is 0. The van der Waals surface area contributed by atoms with Crippen molar-refractivity contribution >= 4 is 28.1 Å². The second-order valence-corrected chi connectivity index (χ2v) is 5.14. The van der Waals surface area contributed by atoms with Crippen molar-refractivity contribution in [3.63, 3.8) is 0 Å². The number of thiazole rings is 1. The van der Waals surface area contributed by atoms with Gasteiger partial charge in [-0.2, -0.15) is 0 Å². The molecule has 5 nitrogen and oxygen atoms in total. The van der Waals surface area contributed by atoms with Crippen LogP contribution in [0.15, 0.2) is 47.3 Å². The van der Waals surface area contributed by atoms with Crippen molar-refractivity contribution in [3.05, 3.63) is 52.6 Å². The fraction of sp³-hybridized carbons (Fsp3) is 0.0769. The summed E-state index contributed by atoms with van der Waals surface area (Å²) < 4.78 is 2.15. The van der Waals surface area contributed by atoms with E-state index in [2.05, 4.69) is 14.7 Å². The summed E-state index contributed by atoms with van der Waals surface area (Å²) in [4.78, 5) is 5.28. The van der Waals surface area contributed by atoms with E-state index in [1.165, 1.54) is 4.88 Å². The van der Waals surface area contributed by atoms with Crippen LogP contribution in [0, 0.1) is 0 Å². The number of nitrogens with two attached hydrogens (primary N) is 1. The van der Waals surface area contributed by atoms with Gasteiger partial charge < -0.3 is 15.5 Å². The summed E-state index contributed by atoms with van der Waals surface area (Å²) in [5.41, 5.74) is 9.25. The number of fused-ring (bicyclic) bond motifs is 1. The zero-order valence-electron chi connectivity index (χ0n) is 10.0. The Balaban J connectivity index is 2.00. The van der Waals surface area contributed by atoms with Gasteiger partial charge in [-0.15, -0.1) is 11.3 Å². The number of oxime groups is 1. The largest absolute Gasteiger partial charge is 0.409 e. The van der Waals surface area contributed by atoms with Crippen LogP contribution in [0.3, 0.4) is 0 Å². The molecule has 2 heterocycles. The van der Waals surface area contributed by atoms with Crippen LogP contribution in [0.1, 0.15) is 10.4 Å². The number of benzene rings is 1. The van der Waals surface area contributed by atoms with Crippen molar-refractivity contribution in [1.29, 1.82) is 0 Å². The number of aromatic nitrogens is 2. The van der Waals surface area contributed by atoms with E-state index in [9.17, 15) is 0 Å². The molecule has 3 aromatic rings. The third kappa shape index (κ3) is 2.17. The van der Waals surface area contributed by atoms with E-state index >= 15 is 0 Å². The maximum absolute atomic E-state index is 8.69. The molecule has 0 atom stereocenters. The highest BCUT2D eigenvalue weighted by atomic mass is 32.1. The third-order valence-corrected chi connectivity index (χ3v) is 3.75. The van der Waals surface area contributed by atoms with Crippen LogP contribution >= 0.6 is 11.3 Å². The normalized spacial score (nSPS) is 12.1. The zero-order chi connectivity index (χ0) is 13.2. The van der Waals surface area contributed by atoms with Gasteiger partial charge >= 0.3 is 0 Å². The predicted molar refractivity (Wildman–Crippen MR) is 75.7 cm³/mol. The molecule has 6 heteroatoms. The van der Waals surface area contributed by atoms with Gasteiger partial charge in [0.2, 0.25) is 0 Å². The minimum atomic E-state index is 0.122. The molecule has 0 amide bonds. The Bertz CT molecular complexity index is 730. The molecular weight excluding hydrogens is 260 g/mol. The van der Waals surface area contributed by atoms with Gasteiger partial charge in [-0.25, -0.2) is 0 Å². The molecule has 96 valence electrons. The summed E-state index contributed by atoms with van der Waals surface area (Å²) >= 11 is 1.64. The maximum atomic E-state index is 8.69. The first-order valence-electron chi connectivity index (χ1n) is 5.72. The van der Waals surface area contributed by atoms with Gasteiger partial charge in [0.05, 0.1) is 12.1 Å². The molecule has 3 rings (SSSR count). The van der Waals surface area contributed by atoms with Crippen LogP contribution in [-0.4, -0.2) is 20.6 Å². The van der Waals surface area contributed by atoms with E-state index in [1.807, 2.05) is 42.2 Å². The first kappa shape index (κ1) is 11.7. The fourth-order valence-electron chi connectivity index (χ4n) is 2.04. The average molecular weight is 272 g/mol. The second kappa shape index (κ2) is 4.74. The van der Waals surface area contributed by atoms with E-state index in [1.54, 1.807) is 11.3 Å². The van der Waals surface area contributed by atoms with Gasteiger partial charge in [-0.05, 0) is 24.3 Å². The van der Waals surface area contributed by atoms with Gasteiger partial charge in [0.15, 0.2) is 5.84 Å². The van der Waals surface area contributed by atoms with Gasteiger partial charge in [-0.3, -0.25) is 4.98 Å². The lowest BCUT2D eigenvalue weighted by Crippen LogP contribution is -2.12. The Morgan fingerprint density at radius 3 is 3.05 bits per heavy atom. The Morgan fingerprint density at radius 1 is 1.42 bits per heavy atom. The van der Waals surface area contributed by atoms with E-state index in [0.717, 1.165) is 17.4 Å². The van der Waals surface area contributed by atoms with Crippen molar-refractivity contribution < 1.29 is 5.21 Å². The standard InChI is InChI=1S/C13H12N4OS/c14-13(16-18)10-1-2-12-9(5-10)3-4-17(12)7-11-6-15-8-19-11/h1-6,8,18H,7H2,(H2,14,16). The molecule has 0 aliphatic rings.